The molecule has 0 aliphatic carbocycles. The maximum Gasteiger partial charge on any atom is 0.222 e. The van der Waals surface area contributed by atoms with Gasteiger partial charge in [-0.3, -0.25) is 9.20 Å². The Hall–Kier alpha value is -3.68. The number of hydrogen-bond acceptors (Lipinski definition) is 6. The van der Waals surface area contributed by atoms with Crippen molar-refractivity contribution in [2.75, 3.05) is 31.1 Å². The smallest absolute Gasteiger partial charge is 0.222 e. The summed E-state index contributed by atoms with van der Waals surface area (Å²) in [6, 6.07) is 12.5. The molecule has 4 heterocycles. The molecule has 8 heteroatoms. The van der Waals surface area contributed by atoms with E-state index in [1.807, 2.05) is 27.6 Å². The summed E-state index contributed by atoms with van der Waals surface area (Å²) in [6.45, 7) is 5.57. The third kappa shape index (κ3) is 7.09. The lowest BCUT2D eigenvalue weighted by atomic mass is 10.1. The SMILES string of the molecule is CCCCCCCCCCC(=O)N1CCN(c2ccc(-c3cnc(CCc4ccco4)n4cnnc34)cc2)CC1. The van der Waals surface area contributed by atoms with Gasteiger partial charge in [-0.15, -0.1) is 10.2 Å². The number of benzene rings is 1. The highest BCUT2D eigenvalue weighted by atomic mass is 16.3. The van der Waals surface area contributed by atoms with Crippen LogP contribution in [0.25, 0.3) is 16.8 Å². The molecule has 212 valence electrons. The molecular weight excluding hydrogens is 500 g/mol. The summed E-state index contributed by atoms with van der Waals surface area (Å²) in [5.74, 6) is 2.17. The molecule has 8 nitrogen and oxygen atoms in total. The molecule has 0 radical (unpaired) electrons. The summed E-state index contributed by atoms with van der Waals surface area (Å²) < 4.78 is 7.43. The molecule has 5 rings (SSSR count). The van der Waals surface area contributed by atoms with E-state index in [0.29, 0.717) is 12.3 Å². The molecule has 1 aromatic carbocycles. The number of rotatable bonds is 14. The van der Waals surface area contributed by atoms with E-state index in [0.717, 1.165) is 73.8 Å². The third-order valence-electron chi connectivity index (χ3n) is 8.00. The largest absolute Gasteiger partial charge is 0.469 e. The lowest BCUT2D eigenvalue weighted by Gasteiger charge is -2.36. The lowest BCUT2D eigenvalue weighted by Crippen LogP contribution is -2.48. The van der Waals surface area contributed by atoms with Gasteiger partial charge in [-0.25, -0.2) is 4.98 Å². The molecule has 0 spiro atoms. The highest BCUT2D eigenvalue weighted by Crippen LogP contribution is 2.27. The van der Waals surface area contributed by atoms with Gasteiger partial charge in [0, 0.05) is 62.9 Å². The van der Waals surface area contributed by atoms with Crippen molar-refractivity contribution in [3.8, 4) is 11.1 Å². The average molecular weight is 543 g/mol. The number of carbonyl (C=O) groups excluding carboxylic acids is 1. The van der Waals surface area contributed by atoms with Gasteiger partial charge in [-0.1, -0.05) is 64.0 Å². The van der Waals surface area contributed by atoms with Gasteiger partial charge >= 0.3 is 0 Å². The Kier molecular flexibility index (Phi) is 9.82. The molecule has 4 aromatic rings. The predicted octanol–water partition coefficient (Wildman–Crippen LogP) is 6.35. The van der Waals surface area contributed by atoms with Gasteiger partial charge in [0.15, 0.2) is 5.65 Å². The minimum Gasteiger partial charge on any atom is -0.469 e. The topological polar surface area (TPSA) is 79.8 Å². The fourth-order valence-corrected chi connectivity index (χ4v) is 5.58. The van der Waals surface area contributed by atoms with Crippen molar-refractivity contribution in [3.63, 3.8) is 0 Å². The van der Waals surface area contributed by atoms with E-state index in [9.17, 15) is 4.79 Å². The van der Waals surface area contributed by atoms with Gasteiger partial charge < -0.3 is 14.2 Å². The zero-order chi connectivity index (χ0) is 27.6. The van der Waals surface area contributed by atoms with E-state index in [1.165, 1.54) is 50.6 Å². The summed E-state index contributed by atoms with van der Waals surface area (Å²) in [5, 5.41) is 8.54. The van der Waals surface area contributed by atoms with Crippen LogP contribution in [0.3, 0.4) is 0 Å². The maximum absolute atomic E-state index is 12.7. The van der Waals surface area contributed by atoms with E-state index >= 15 is 0 Å². The Morgan fingerprint density at radius 3 is 2.38 bits per heavy atom. The number of anilines is 1. The molecule has 1 amide bonds. The highest BCUT2D eigenvalue weighted by molar-refractivity contribution is 5.78. The number of nitrogens with zero attached hydrogens (tertiary/aromatic N) is 6. The average Bonchev–Trinajstić information content (AvgIpc) is 3.70. The monoisotopic (exact) mass is 542 g/mol. The van der Waals surface area contributed by atoms with Gasteiger partial charge in [-0.2, -0.15) is 0 Å². The quantitative estimate of drug-likeness (QED) is 0.173. The summed E-state index contributed by atoms with van der Waals surface area (Å²) in [5.41, 5.74) is 4.01. The molecule has 1 saturated heterocycles. The normalized spacial score (nSPS) is 13.8. The van der Waals surface area contributed by atoms with E-state index in [1.54, 1.807) is 12.6 Å². The fourth-order valence-electron chi connectivity index (χ4n) is 5.58. The van der Waals surface area contributed by atoms with Gasteiger partial charge in [0.2, 0.25) is 5.91 Å². The van der Waals surface area contributed by atoms with Crippen LogP contribution in [-0.2, 0) is 17.6 Å². The second-order valence-corrected chi connectivity index (χ2v) is 10.8. The van der Waals surface area contributed by atoms with Crippen molar-refractivity contribution in [1.82, 2.24) is 24.5 Å². The van der Waals surface area contributed by atoms with Crippen molar-refractivity contribution < 1.29 is 9.21 Å². The van der Waals surface area contributed by atoms with Crippen LogP contribution in [0.4, 0.5) is 5.69 Å². The van der Waals surface area contributed by atoms with Crippen molar-refractivity contribution in [2.24, 2.45) is 0 Å². The van der Waals surface area contributed by atoms with Crippen molar-refractivity contribution in [2.45, 2.75) is 77.6 Å². The number of aryl methyl sites for hydroxylation is 2. The molecule has 40 heavy (non-hydrogen) atoms. The van der Waals surface area contributed by atoms with Crippen molar-refractivity contribution in [1.29, 1.82) is 0 Å². The Labute approximate surface area is 237 Å². The van der Waals surface area contributed by atoms with Gasteiger partial charge in [0.1, 0.15) is 17.9 Å². The molecule has 1 aliphatic heterocycles. The Bertz CT molecular complexity index is 1320. The van der Waals surface area contributed by atoms with Crippen LogP contribution in [-0.4, -0.2) is 56.6 Å². The first-order chi connectivity index (χ1) is 19.7. The standard InChI is InChI=1S/C32H42N6O2/c1-2-3-4-5-6-7-8-9-12-31(39)37-21-19-36(20-22-37)27-15-13-26(14-16-27)29-24-33-30(38-25-34-35-32(29)38)18-17-28-11-10-23-40-28/h10-11,13-16,23-25H,2-9,12,17-22H2,1H3. The summed E-state index contributed by atoms with van der Waals surface area (Å²) in [6.07, 6.45) is 17.6. The number of piperazine rings is 1. The third-order valence-corrected chi connectivity index (χ3v) is 8.00. The summed E-state index contributed by atoms with van der Waals surface area (Å²) >= 11 is 0. The number of hydrogen-bond donors (Lipinski definition) is 0. The highest BCUT2D eigenvalue weighted by Gasteiger charge is 2.21. The zero-order valence-corrected chi connectivity index (χ0v) is 23.8. The molecule has 0 atom stereocenters. The van der Waals surface area contributed by atoms with Crippen LogP contribution in [0.2, 0.25) is 0 Å². The number of fused-ring (bicyclic) bond motifs is 1. The number of amides is 1. The fraction of sp³-hybridized carbons (Fsp3) is 0.500. The van der Waals surface area contributed by atoms with Crippen LogP contribution >= 0.6 is 0 Å². The Morgan fingerprint density at radius 2 is 1.65 bits per heavy atom. The van der Waals surface area contributed by atoms with Gasteiger partial charge in [0.05, 0.1) is 6.26 Å². The Morgan fingerprint density at radius 1 is 0.900 bits per heavy atom. The van der Waals surface area contributed by atoms with Gasteiger partial charge in [0.25, 0.3) is 0 Å². The molecule has 0 unspecified atom stereocenters. The zero-order valence-electron chi connectivity index (χ0n) is 23.8. The van der Waals surface area contributed by atoms with Crippen LogP contribution in [0.5, 0.6) is 0 Å². The molecule has 0 saturated carbocycles. The van der Waals surface area contributed by atoms with E-state index < -0.39 is 0 Å². The van der Waals surface area contributed by atoms with Crippen molar-refractivity contribution in [3.05, 3.63) is 66.8 Å². The number of unbranched alkanes of at least 4 members (excludes halogenated alkanes) is 7. The number of carbonyl (C=O) groups is 1. The van der Waals surface area contributed by atoms with E-state index in [-0.39, 0.29) is 0 Å². The molecule has 0 N–H and O–H groups in total. The molecule has 0 bridgehead atoms. The van der Waals surface area contributed by atoms with Crippen LogP contribution < -0.4 is 4.90 Å². The first kappa shape index (κ1) is 27.9. The second-order valence-electron chi connectivity index (χ2n) is 10.8. The molecular formula is C32H42N6O2. The summed E-state index contributed by atoms with van der Waals surface area (Å²) in [7, 11) is 0. The number of aromatic nitrogens is 4. The summed E-state index contributed by atoms with van der Waals surface area (Å²) in [4.78, 5) is 21.9. The molecule has 1 aliphatic rings. The van der Waals surface area contributed by atoms with Crippen LogP contribution in [0.15, 0.2) is 59.6 Å². The molecule has 1 fully saturated rings. The van der Waals surface area contributed by atoms with Crippen LogP contribution in [0, 0.1) is 0 Å². The molecule has 3 aromatic heterocycles. The van der Waals surface area contributed by atoms with Gasteiger partial charge in [-0.05, 0) is 36.2 Å². The van der Waals surface area contributed by atoms with E-state index in [4.69, 9.17) is 9.40 Å². The minimum absolute atomic E-state index is 0.318. The predicted molar refractivity (Wildman–Crippen MR) is 158 cm³/mol. The first-order valence-electron chi connectivity index (χ1n) is 15.1. The second kappa shape index (κ2) is 14.1. The maximum atomic E-state index is 12.7. The Balaban J connectivity index is 1.10. The minimum atomic E-state index is 0.318. The first-order valence-corrected chi connectivity index (χ1v) is 15.1. The van der Waals surface area contributed by atoms with Crippen molar-refractivity contribution >= 4 is 17.2 Å². The lowest BCUT2D eigenvalue weighted by molar-refractivity contribution is -0.131. The number of furan rings is 1. The van der Waals surface area contributed by atoms with E-state index in [2.05, 4.69) is 46.3 Å². The van der Waals surface area contributed by atoms with Crippen LogP contribution in [0.1, 0.15) is 76.3 Å².